The van der Waals surface area contributed by atoms with Gasteiger partial charge in [0.25, 0.3) is 5.91 Å². The zero-order valence-electron chi connectivity index (χ0n) is 15.7. The third-order valence-corrected chi connectivity index (χ3v) is 4.01. The molecule has 0 spiro atoms. The van der Waals surface area contributed by atoms with Gasteiger partial charge < -0.3 is 15.7 Å². The summed E-state index contributed by atoms with van der Waals surface area (Å²) in [4.78, 5) is 36.0. The third kappa shape index (κ3) is 5.67. The van der Waals surface area contributed by atoms with Gasteiger partial charge in [-0.05, 0) is 42.2 Å². The number of carbonyl (C=O) groups is 3. The summed E-state index contributed by atoms with van der Waals surface area (Å²) < 4.78 is 0. The van der Waals surface area contributed by atoms with Crippen molar-refractivity contribution < 1.29 is 19.5 Å². The second-order valence-electron chi connectivity index (χ2n) is 6.83. The first-order chi connectivity index (χ1) is 12.8. The van der Waals surface area contributed by atoms with Crippen LogP contribution in [0.4, 0.5) is 5.69 Å². The lowest BCUT2D eigenvalue weighted by Crippen LogP contribution is -2.33. The molecular weight excluding hydrogens is 344 g/mol. The number of hydrogen-bond donors (Lipinski definition) is 3. The first kappa shape index (κ1) is 20.2. The van der Waals surface area contributed by atoms with Gasteiger partial charge in [-0.15, -0.1) is 0 Å². The smallest absolute Gasteiger partial charge is 0.330 e. The van der Waals surface area contributed by atoms with Crippen LogP contribution in [0.3, 0.4) is 0 Å². The lowest BCUT2D eigenvalue weighted by atomic mass is 10.0. The second kappa shape index (κ2) is 8.98. The summed E-state index contributed by atoms with van der Waals surface area (Å²) >= 11 is 0. The van der Waals surface area contributed by atoms with Crippen LogP contribution in [0.1, 0.15) is 47.8 Å². The first-order valence-electron chi connectivity index (χ1n) is 8.77. The molecule has 0 saturated carbocycles. The molecule has 6 heteroatoms. The van der Waals surface area contributed by atoms with Crippen molar-refractivity contribution in [3.8, 4) is 0 Å². The maximum atomic E-state index is 12.5. The Morgan fingerprint density at radius 2 is 1.70 bits per heavy atom. The highest BCUT2D eigenvalue weighted by Crippen LogP contribution is 2.19. The molecule has 0 aromatic heterocycles. The average Bonchev–Trinajstić information content (AvgIpc) is 2.61. The normalized spacial score (nSPS) is 11.7. The van der Waals surface area contributed by atoms with E-state index in [1.807, 2.05) is 13.8 Å². The van der Waals surface area contributed by atoms with Crippen LogP contribution < -0.4 is 10.6 Å². The molecule has 142 valence electrons. The van der Waals surface area contributed by atoms with Gasteiger partial charge in [0.15, 0.2) is 6.04 Å². The Bertz CT molecular complexity index is 831. The van der Waals surface area contributed by atoms with E-state index in [4.69, 9.17) is 0 Å². The summed E-state index contributed by atoms with van der Waals surface area (Å²) in [6.07, 6.45) is 0.416. The molecule has 2 amide bonds. The third-order valence-electron chi connectivity index (χ3n) is 4.01. The summed E-state index contributed by atoms with van der Waals surface area (Å²) in [7, 11) is 0. The van der Waals surface area contributed by atoms with Gasteiger partial charge in [-0.25, -0.2) is 4.79 Å². The monoisotopic (exact) mass is 368 g/mol. The highest BCUT2D eigenvalue weighted by Gasteiger charge is 2.22. The second-order valence-corrected chi connectivity index (χ2v) is 6.83. The van der Waals surface area contributed by atoms with Gasteiger partial charge >= 0.3 is 5.97 Å². The van der Waals surface area contributed by atoms with Gasteiger partial charge in [-0.2, -0.15) is 0 Å². The molecule has 0 heterocycles. The number of aryl methyl sites for hydroxylation is 1. The largest absolute Gasteiger partial charge is 0.479 e. The molecule has 2 aromatic rings. The van der Waals surface area contributed by atoms with E-state index in [2.05, 4.69) is 10.6 Å². The van der Waals surface area contributed by atoms with E-state index in [1.54, 1.807) is 55.5 Å². The zero-order chi connectivity index (χ0) is 20.0. The van der Waals surface area contributed by atoms with E-state index < -0.39 is 17.9 Å². The van der Waals surface area contributed by atoms with E-state index >= 15 is 0 Å². The van der Waals surface area contributed by atoms with Crippen molar-refractivity contribution in [1.29, 1.82) is 0 Å². The van der Waals surface area contributed by atoms with E-state index in [1.165, 1.54) is 0 Å². The predicted molar refractivity (Wildman–Crippen MR) is 104 cm³/mol. The van der Waals surface area contributed by atoms with Gasteiger partial charge in [-0.1, -0.05) is 44.2 Å². The molecule has 0 saturated heterocycles. The van der Waals surface area contributed by atoms with Gasteiger partial charge in [-0.3, -0.25) is 9.59 Å². The van der Waals surface area contributed by atoms with E-state index in [-0.39, 0.29) is 11.8 Å². The van der Waals surface area contributed by atoms with Gasteiger partial charge in [0.05, 0.1) is 0 Å². The quantitative estimate of drug-likeness (QED) is 0.696. The van der Waals surface area contributed by atoms with Crippen molar-refractivity contribution in [2.24, 2.45) is 5.92 Å². The van der Waals surface area contributed by atoms with Crippen LogP contribution in [0.15, 0.2) is 48.5 Å². The molecule has 1 atom stereocenters. The highest BCUT2D eigenvalue weighted by atomic mass is 16.4. The molecule has 0 aliphatic carbocycles. The van der Waals surface area contributed by atoms with Crippen LogP contribution in [-0.2, 0) is 9.59 Å². The summed E-state index contributed by atoms with van der Waals surface area (Å²) in [5.41, 5.74) is 2.19. The molecular formula is C21H24N2O4. The van der Waals surface area contributed by atoms with Gasteiger partial charge in [0.1, 0.15) is 0 Å². The highest BCUT2D eigenvalue weighted by molar-refractivity contribution is 5.98. The van der Waals surface area contributed by atoms with Crippen LogP contribution in [0, 0.1) is 12.8 Å². The number of benzene rings is 2. The van der Waals surface area contributed by atoms with Gasteiger partial charge in [0.2, 0.25) is 5.91 Å². The lowest BCUT2D eigenvalue weighted by Gasteiger charge is -2.16. The lowest BCUT2D eigenvalue weighted by molar-refractivity contribution is -0.139. The Balaban J connectivity index is 2.13. The summed E-state index contributed by atoms with van der Waals surface area (Å²) in [5.74, 6) is -1.46. The number of hydrogen-bond acceptors (Lipinski definition) is 3. The molecule has 0 aliphatic heterocycles. The number of rotatable bonds is 7. The maximum Gasteiger partial charge on any atom is 0.330 e. The molecule has 3 N–H and O–H groups in total. The van der Waals surface area contributed by atoms with E-state index in [0.29, 0.717) is 23.2 Å². The van der Waals surface area contributed by atoms with E-state index in [9.17, 15) is 19.5 Å². The minimum atomic E-state index is -1.14. The van der Waals surface area contributed by atoms with Crippen LogP contribution >= 0.6 is 0 Å². The molecule has 0 fully saturated rings. The molecule has 0 bridgehead atoms. The minimum Gasteiger partial charge on any atom is -0.479 e. The molecule has 0 radical (unpaired) electrons. The fourth-order valence-electron chi connectivity index (χ4n) is 2.66. The first-order valence-corrected chi connectivity index (χ1v) is 8.77. The fourth-order valence-corrected chi connectivity index (χ4v) is 2.66. The SMILES string of the molecule is Cc1cc(C(=O)NC(C(=O)O)c2ccccc2)ccc1NC(=O)CC(C)C. The van der Waals surface area contributed by atoms with Crippen molar-refractivity contribution >= 4 is 23.5 Å². The van der Waals surface area contributed by atoms with Crippen LogP contribution in [-0.4, -0.2) is 22.9 Å². The van der Waals surface area contributed by atoms with E-state index in [0.717, 1.165) is 5.56 Å². The average molecular weight is 368 g/mol. The number of aliphatic carboxylic acids is 1. The van der Waals surface area contributed by atoms with Crippen molar-refractivity contribution in [2.45, 2.75) is 33.2 Å². The van der Waals surface area contributed by atoms with Crippen molar-refractivity contribution in [3.63, 3.8) is 0 Å². The van der Waals surface area contributed by atoms with Crippen molar-refractivity contribution in [1.82, 2.24) is 5.32 Å². The number of nitrogens with one attached hydrogen (secondary N) is 2. The van der Waals surface area contributed by atoms with Crippen LogP contribution in [0.5, 0.6) is 0 Å². The molecule has 1 unspecified atom stereocenters. The fraction of sp³-hybridized carbons (Fsp3) is 0.286. The minimum absolute atomic E-state index is 0.0830. The van der Waals surface area contributed by atoms with Crippen LogP contribution in [0.25, 0.3) is 0 Å². The van der Waals surface area contributed by atoms with Crippen LogP contribution in [0.2, 0.25) is 0 Å². The molecule has 0 aliphatic rings. The zero-order valence-corrected chi connectivity index (χ0v) is 15.7. The number of carbonyl (C=O) groups excluding carboxylic acids is 2. The Morgan fingerprint density at radius 1 is 1.04 bits per heavy atom. The summed E-state index contributed by atoms with van der Waals surface area (Å²) in [5, 5.41) is 14.8. The van der Waals surface area contributed by atoms with Crippen molar-refractivity contribution in [3.05, 3.63) is 65.2 Å². The Labute approximate surface area is 158 Å². The molecule has 6 nitrogen and oxygen atoms in total. The molecule has 27 heavy (non-hydrogen) atoms. The Kier molecular flexibility index (Phi) is 6.71. The molecule has 2 aromatic carbocycles. The Hall–Kier alpha value is -3.15. The Morgan fingerprint density at radius 3 is 2.26 bits per heavy atom. The van der Waals surface area contributed by atoms with Crippen molar-refractivity contribution in [2.75, 3.05) is 5.32 Å². The standard InChI is InChI=1S/C21H24N2O4/c1-13(2)11-18(24)22-17-10-9-16(12-14(17)3)20(25)23-19(21(26)27)15-7-5-4-6-8-15/h4-10,12-13,19H,11H2,1-3H3,(H,22,24)(H,23,25)(H,26,27). The maximum absolute atomic E-state index is 12.5. The van der Waals surface area contributed by atoms with Gasteiger partial charge in [0, 0.05) is 17.7 Å². The topological polar surface area (TPSA) is 95.5 Å². The number of amides is 2. The number of anilines is 1. The summed E-state index contributed by atoms with van der Waals surface area (Å²) in [6, 6.07) is 12.2. The predicted octanol–water partition coefficient (Wildman–Crippen LogP) is 3.54. The summed E-state index contributed by atoms with van der Waals surface area (Å²) in [6.45, 7) is 5.71. The number of carboxylic acid groups (broad SMARTS) is 1. The molecule has 2 rings (SSSR count). The number of carboxylic acids is 1.